The number of fused-ring (bicyclic) bond motifs is 2. The second-order valence-electron chi connectivity index (χ2n) is 5.91. The van der Waals surface area contributed by atoms with Crippen molar-refractivity contribution in [1.82, 2.24) is 5.32 Å². The lowest BCUT2D eigenvalue weighted by Gasteiger charge is -2.22. The van der Waals surface area contributed by atoms with Crippen LogP contribution in [0.2, 0.25) is 0 Å². The summed E-state index contributed by atoms with van der Waals surface area (Å²) in [7, 11) is 0. The number of benzene rings is 1. The summed E-state index contributed by atoms with van der Waals surface area (Å²) in [5.74, 6) is 1.88. The topological polar surface area (TPSA) is 55.2 Å². The molecule has 0 saturated heterocycles. The Morgan fingerprint density at radius 1 is 1.21 bits per heavy atom. The van der Waals surface area contributed by atoms with Crippen molar-refractivity contribution in [3.63, 3.8) is 0 Å². The number of hydrogen-bond acceptors (Lipinski definition) is 3. The molecule has 3 rings (SSSR count). The van der Waals surface area contributed by atoms with Crippen LogP contribution in [0.25, 0.3) is 0 Å². The molecular formula is C15H20N2O2. The molecule has 2 fully saturated rings. The minimum atomic E-state index is -0.350. The molecule has 3 unspecified atom stereocenters. The first-order valence-corrected chi connectivity index (χ1v) is 7.19. The number of hydrogen-bond donors (Lipinski definition) is 1. The molecule has 4 nitrogen and oxygen atoms in total. The van der Waals surface area contributed by atoms with E-state index >= 15 is 0 Å². The van der Waals surface area contributed by atoms with E-state index in [0.717, 1.165) is 30.8 Å². The largest absolute Gasteiger partial charge is 0.313 e. The SMILES string of the molecule is O=[N+]([O-])c1ccc(CCNC2CC3CCC2C3)cc1. The molecule has 102 valence electrons. The molecular weight excluding hydrogens is 240 g/mol. The first-order chi connectivity index (χ1) is 9.22. The molecule has 0 aromatic heterocycles. The van der Waals surface area contributed by atoms with E-state index in [0.29, 0.717) is 0 Å². The average molecular weight is 260 g/mol. The Morgan fingerprint density at radius 3 is 2.58 bits per heavy atom. The quantitative estimate of drug-likeness (QED) is 0.654. The van der Waals surface area contributed by atoms with Gasteiger partial charge in [0.05, 0.1) is 4.92 Å². The van der Waals surface area contributed by atoms with Crippen molar-refractivity contribution in [3.05, 3.63) is 39.9 Å². The molecule has 0 radical (unpaired) electrons. The van der Waals surface area contributed by atoms with Gasteiger partial charge in [-0.2, -0.15) is 0 Å². The fourth-order valence-electron chi connectivity index (χ4n) is 3.68. The van der Waals surface area contributed by atoms with Crippen LogP contribution < -0.4 is 5.32 Å². The maximum atomic E-state index is 10.6. The Bertz CT molecular complexity index is 458. The molecule has 2 bridgehead atoms. The highest BCUT2D eigenvalue weighted by molar-refractivity contribution is 5.32. The number of non-ortho nitro benzene ring substituents is 1. The minimum absolute atomic E-state index is 0.171. The standard InChI is InChI=1S/C15H20N2O2/c18-17(19)14-5-2-11(3-6-14)7-8-16-15-10-12-1-4-13(15)9-12/h2-3,5-6,12-13,15-16H,1,4,7-10H2. The molecule has 3 atom stereocenters. The molecule has 2 saturated carbocycles. The molecule has 1 aromatic rings. The molecule has 2 aliphatic rings. The van der Waals surface area contributed by atoms with Gasteiger partial charge < -0.3 is 5.32 Å². The summed E-state index contributed by atoms with van der Waals surface area (Å²) in [4.78, 5) is 10.2. The summed E-state index contributed by atoms with van der Waals surface area (Å²) < 4.78 is 0. The van der Waals surface area contributed by atoms with Crippen molar-refractivity contribution in [1.29, 1.82) is 0 Å². The van der Waals surface area contributed by atoms with Gasteiger partial charge in [0, 0.05) is 18.2 Å². The Hall–Kier alpha value is -1.42. The zero-order valence-corrected chi connectivity index (χ0v) is 11.0. The van der Waals surface area contributed by atoms with Gasteiger partial charge in [0.2, 0.25) is 0 Å². The molecule has 0 amide bonds. The highest BCUT2D eigenvalue weighted by Gasteiger charge is 2.38. The predicted octanol–water partition coefficient (Wildman–Crippen LogP) is 2.92. The Morgan fingerprint density at radius 2 is 2.00 bits per heavy atom. The predicted molar refractivity (Wildman–Crippen MR) is 74.0 cm³/mol. The summed E-state index contributed by atoms with van der Waals surface area (Å²) in [5.41, 5.74) is 1.34. The number of nitro groups is 1. The Balaban J connectivity index is 1.46. The van der Waals surface area contributed by atoms with Crippen molar-refractivity contribution >= 4 is 5.69 Å². The lowest BCUT2D eigenvalue weighted by molar-refractivity contribution is -0.384. The van der Waals surface area contributed by atoms with E-state index in [-0.39, 0.29) is 10.6 Å². The smallest absolute Gasteiger partial charge is 0.269 e. The third-order valence-corrected chi connectivity index (χ3v) is 4.71. The Labute approximate surface area is 113 Å². The summed E-state index contributed by atoms with van der Waals surface area (Å²) in [5, 5.41) is 14.2. The lowest BCUT2D eigenvalue weighted by Crippen LogP contribution is -2.35. The van der Waals surface area contributed by atoms with Crippen LogP contribution in [-0.2, 0) is 6.42 Å². The monoisotopic (exact) mass is 260 g/mol. The number of nitrogens with one attached hydrogen (secondary N) is 1. The van der Waals surface area contributed by atoms with Gasteiger partial charge in [-0.3, -0.25) is 10.1 Å². The molecule has 1 N–H and O–H groups in total. The molecule has 0 spiro atoms. The maximum absolute atomic E-state index is 10.6. The second-order valence-corrected chi connectivity index (χ2v) is 5.91. The molecule has 19 heavy (non-hydrogen) atoms. The molecule has 0 heterocycles. The van der Waals surface area contributed by atoms with Crippen LogP contribution in [0.4, 0.5) is 5.69 Å². The molecule has 0 aliphatic heterocycles. The zero-order chi connectivity index (χ0) is 13.2. The van der Waals surface area contributed by atoms with Crippen molar-refractivity contribution < 1.29 is 4.92 Å². The van der Waals surface area contributed by atoms with Crippen molar-refractivity contribution in [2.45, 2.75) is 38.1 Å². The van der Waals surface area contributed by atoms with Gasteiger partial charge in [-0.15, -0.1) is 0 Å². The maximum Gasteiger partial charge on any atom is 0.269 e. The summed E-state index contributed by atoms with van der Waals surface area (Å²) in [6.45, 7) is 0.978. The van der Waals surface area contributed by atoms with Crippen molar-refractivity contribution in [2.75, 3.05) is 6.54 Å². The average Bonchev–Trinajstić information content (AvgIpc) is 3.02. The fourth-order valence-corrected chi connectivity index (χ4v) is 3.68. The normalized spacial score (nSPS) is 28.7. The Kier molecular flexibility index (Phi) is 3.51. The molecule has 4 heteroatoms. The minimum Gasteiger partial charge on any atom is -0.313 e. The van der Waals surface area contributed by atoms with Gasteiger partial charge in [-0.1, -0.05) is 18.6 Å². The van der Waals surface area contributed by atoms with Gasteiger partial charge >= 0.3 is 0 Å². The van der Waals surface area contributed by atoms with Gasteiger partial charge in [0.1, 0.15) is 0 Å². The van der Waals surface area contributed by atoms with Crippen LogP contribution in [0.5, 0.6) is 0 Å². The summed E-state index contributed by atoms with van der Waals surface area (Å²) in [6.07, 6.45) is 6.57. The first-order valence-electron chi connectivity index (χ1n) is 7.19. The number of nitrogens with zero attached hydrogens (tertiary/aromatic N) is 1. The van der Waals surface area contributed by atoms with Crippen LogP contribution in [0.3, 0.4) is 0 Å². The van der Waals surface area contributed by atoms with Crippen LogP contribution in [0.1, 0.15) is 31.2 Å². The van der Waals surface area contributed by atoms with Crippen LogP contribution >= 0.6 is 0 Å². The zero-order valence-electron chi connectivity index (χ0n) is 11.0. The summed E-state index contributed by atoms with van der Waals surface area (Å²) >= 11 is 0. The highest BCUT2D eigenvalue weighted by atomic mass is 16.6. The van der Waals surface area contributed by atoms with E-state index in [1.165, 1.54) is 31.2 Å². The highest BCUT2D eigenvalue weighted by Crippen LogP contribution is 2.44. The van der Waals surface area contributed by atoms with E-state index in [2.05, 4.69) is 5.32 Å². The van der Waals surface area contributed by atoms with E-state index < -0.39 is 0 Å². The first kappa shape index (κ1) is 12.6. The molecule has 2 aliphatic carbocycles. The van der Waals surface area contributed by atoms with Crippen LogP contribution in [0.15, 0.2) is 24.3 Å². The number of nitro benzene ring substituents is 1. The number of rotatable bonds is 5. The van der Waals surface area contributed by atoms with Crippen LogP contribution in [0, 0.1) is 22.0 Å². The third kappa shape index (κ3) is 2.78. The van der Waals surface area contributed by atoms with Crippen molar-refractivity contribution in [3.8, 4) is 0 Å². The van der Waals surface area contributed by atoms with Gasteiger partial charge in [0.15, 0.2) is 0 Å². The summed E-state index contributed by atoms with van der Waals surface area (Å²) in [6, 6.07) is 7.62. The third-order valence-electron chi connectivity index (χ3n) is 4.71. The van der Waals surface area contributed by atoms with E-state index in [9.17, 15) is 10.1 Å². The van der Waals surface area contributed by atoms with Gasteiger partial charge in [0.25, 0.3) is 5.69 Å². The van der Waals surface area contributed by atoms with Gasteiger partial charge in [-0.25, -0.2) is 0 Å². The van der Waals surface area contributed by atoms with E-state index in [4.69, 9.17) is 0 Å². The lowest BCUT2D eigenvalue weighted by atomic mass is 9.95. The second kappa shape index (κ2) is 5.29. The van der Waals surface area contributed by atoms with E-state index in [1.54, 1.807) is 12.1 Å². The fraction of sp³-hybridized carbons (Fsp3) is 0.600. The van der Waals surface area contributed by atoms with E-state index in [1.807, 2.05) is 12.1 Å². The molecule has 1 aromatic carbocycles. The van der Waals surface area contributed by atoms with Crippen molar-refractivity contribution in [2.24, 2.45) is 11.8 Å². The van der Waals surface area contributed by atoms with Crippen LogP contribution in [-0.4, -0.2) is 17.5 Å². The van der Waals surface area contributed by atoms with Gasteiger partial charge in [-0.05, 0) is 49.6 Å².